The highest BCUT2D eigenvalue weighted by Gasteiger charge is 2.44. The van der Waals surface area contributed by atoms with Crippen molar-refractivity contribution in [2.75, 3.05) is 33.1 Å². The first-order valence-corrected chi connectivity index (χ1v) is 14.5. The molecule has 2 amide bonds. The second-order valence-corrected chi connectivity index (χ2v) is 11.8. The first kappa shape index (κ1) is 30.6. The van der Waals surface area contributed by atoms with Gasteiger partial charge in [0.1, 0.15) is 22.9 Å². The van der Waals surface area contributed by atoms with Crippen molar-refractivity contribution in [3.63, 3.8) is 0 Å². The largest absolute Gasteiger partial charge is 0.495 e. The lowest BCUT2D eigenvalue weighted by molar-refractivity contribution is -0.139. The van der Waals surface area contributed by atoms with Crippen LogP contribution in [0.15, 0.2) is 36.5 Å². The number of ether oxygens (including phenoxy) is 2. The van der Waals surface area contributed by atoms with Crippen molar-refractivity contribution < 1.29 is 36.6 Å². The summed E-state index contributed by atoms with van der Waals surface area (Å²) in [6.45, 7) is 1.36. The summed E-state index contributed by atoms with van der Waals surface area (Å²) in [7, 11) is 4.99. The number of benzene rings is 2. The Morgan fingerprint density at radius 1 is 1.11 bits per heavy atom. The Bertz CT molecular complexity index is 1660. The number of nitrogens with zero attached hydrogens (tertiary/aromatic N) is 4. The van der Waals surface area contributed by atoms with Crippen molar-refractivity contribution in [3.05, 3.63) is 64.6 Å². The van der Waals surface area contributed by atoms with Crippen LogP contribution < -0.4 is 20.1 Å². The fourth-order valence-electron chi connectivity index (χ4n) is 6.32. The Morgan fingerprint density at radius 3 is 2.51 bits per heavy atom. The van der Waals surface area contributed by atoms with Crippen LogP contribution in [-0.2, 0) is 12.7 Å². The molecule has 0 bridgehead atoms. The molecule has 0 radical (unpaired) electrons. The summed E-state index contributed by atoms with van der Waals surface area (Å²) in [5.74, 6) is -3.12. The van der Waals surface area contributed by atoms with E-state index in [-0.39, 0.29) is 52.4 Å². The molecule has 1 aliphatic carbocycles. The zero-order chi connectivity index (χ0) is 32.1. The Balaban J connectivity index is 1.23. The summed E-state index contributed by atoms with van der Waals surface area (Å²) in [5.41, 5.74) is -0.577. The summed E-state index contributed by atoms with van der Waals surface area (Å²) in [5, 5.41) is 5.59. The van der Waals surface area contributed by atoms with E-state index in [1.165, 1.54) is 24.1 Å². The van der Waals surface area contributed by atoms with Gasteiger partial charge < -0.3 is 29.9 Å². The van der Waals surface area contributed by atoms with Gasteiger partial charge in [-0.3, -0.25) is 9.59 Å². The molecule has 1 aromatic heterocycles. The van der Waals surface area contributed by atoms with Gasteiger partial charge in [0.05, 0.1) is 23.9 Å². The molecule has 1 saturated carbocycles. The van der Waals surface area contributed by atoms with Crippen LogP contribution in [0.3, 0.4) is 0 Å². The highest BCUT2D eigenvalue weighted by atomic mass is 19.4. The number of halogens is 4. The molecule has 0 atom stereocenters. The van der Waals surface area contributed by atoms with Crippen LogP contribution in [0.5, 0.6) is 17.4 Å². The minimum absolute atomic E-state index is 0.0257. The molecular formula is C31H32F4N6O4. The third-order valence-corrected chi connectivity index (χ3v) is 9.10. The zero-order valence-electron chi connectivity index (χ0n) is 24.9. The highest BCUT2D eigenvalue weighted by molar-refractivity contribution is 6.01. The molecule has 2 N–H and O–H groups in total. The molecule has 45 heavy (non-hydrogen) atoms. The number of methoxy groups -OCH3 is 1. The van der Waals surface area contributed by atoms with Crippen LogP contribution in [0.2, 0.25) is 0 Å². The van der Waals surface area contributed by atoms with Crippen molar-refractivity contribution >= 4 is 23.5 Å². The Morgan fingerprint density at radius 2 is 1.87 bits per heavy atom. The number of alkyl halides is 3. The van der Waals surface area contributed by atoms with Crippen molar-refractivity contribution in [3.8, 4) is 17.4 Å². The lowest BCUT2D eigenvalue weighted by atomic mass is 9.71. The first-order valence-electron chi connectivity index (χ1n) is 14.5. The lowest BCUT2D eigenvalue weighted by Gasteiger charge is -2.54. The normalized spacial score (nSPS) is 21.4. The monoisotopic (exact) mass is 628 g/mol. The molecule has 0 unspecified atom stereocenters. The number of amides is 2. The predicted molar refractivity (Wildman–Crippen MR) is 155 cm³/mol. The van der Waals surface area contributed by atoms with E-state index in [9.17, 15) is 22.8 Å². The SMILES string of the molecule is COc1cc(C(=O)NC2CCC3(CC2)CCN3C)c(F)cc1Nc1ncc(C(F)(F)F)c(Oc2cccc3c2C(=O)N(C)C3)n1. The Hall–Kier alpha value is -4.46. The number of fused-ring (bicyclic) bond motifs is 1. The number of likely N-dealkylation sites (tertiary alicyclic amines) is 1. The molecule has 1 saturated heterocycles. The van der Waals surface area contributed by atoms with E-state index in [0.29, 0.717) is 11.8 Å². The van der Waals surface area contributed by atoms with Crippen LogP contribution in [0.25, 0.3) is 0 Å². The summed E-state index contributed by atoms with van der Waals surface area (Å²) >= 11 is 0. The van der Waals surface area contributed by atoms with E-state index >= 15 is 4.39 Å². The van der Waals surface area contributed by atoms with Crippen molar-refractivity contribution in [1.82, 2.24) is 25.1 Å². The molecule has 1 spiro atoms. The van der Waals surface area contributed by atoms with Gasteiger partial charge >= 0.3 is 6.18 Å². The van der Waals surface area contributed by atoms with Gasteiger partial charge in [-0.2, -0.15) is 18.2 Å². The van der Waals surface area contributed by atoms with E-state index in [2.05, 4.69) is 32.5 Å². The first-order chi connectivity index (χ1) is 21.4. The van der Waals surface area contributed by atoms with Crippen LogP contribution in [0.1, 0.15) is 63.9 Å². The number of anilines is 2. The summed E-state index contributed by atoms with van der Waals surface area (Å²) in [4.78, 5) is 37.1. The van der Waals surface area contributed by atoms with Gasteiger partial charge in [-0.1, -0.05) is 12.1 Å². The maximum absolute atomic E-state index is 15.3. The number of aromatic nitrogens is 2. The standard InChI is InChI=1S/C31H32F4N6O4/c1-40-16-17-5-4-6-23(25(17)28(40)43)45-27-20(31(33,34)35)15-36-29(39-27)38-22-14-21(32)19(13-24(22)44-3)26(42)37-18-7-9-30(10-8-18)11-12-41(30)2/h4-6,13-15,18H,7-12,16H2,1-3H3,(H,37,42)(H,36,38,39). The van der Waals surface area contributed by atoms with E-state index in [1.807, 2.05) is 0 Å². The summed E-state index contributed by atoms with van der Waals surface area (Å²) in [6, 6.07) is 6.76. The molecule has 3 heterocycles. The predicted octanol–water partition coefficient (Wildman–Crippen LogP) is 5.51. The van der Waals surface area contributed by atoms with Crippen molar-refractivity contribution in [1.29, 1.82) is 0 Å². The molecule has 10 nitrogen and oxygen atoms in total. The van der Waals surface area contributed by atoms with Crippen molar-refractivity contribution in [2.45, 2.75) is 56.4 Å². The van der Waals surface area contributed by atoms with Gasteiger partial charge in [-0.25, -0.2) is 9.37 Å². The maximum atomic E-state index is 15.3. The summed E-state index contributed by atoms with van der Waals surface area (Å²) < 4.78 is 67.9. The van der Waals surface area contributed by atoms with Gasteiger partial charge in [0, 0.05) is 44.0 Å². The average molecular weight is 629 g/mol. The number of carbonyl (C=O) groups is 2. The molecule has 238 valence electrons. The number of nitrogens with one attached hydrogen (secondary N) is 2. The maximum Gasteiger partial charge on any atom is 0.423 e. The van der Waals surface area contributed by atoms with Crippen LogP contribution in [0.4, 0.5) is 29.2 Å². The zero-order valence-corrected chi connectivity index (χ0v) is 24.9. The molecule has 3 aromatic rings. The third-order valence-electron chi connectivity index (χ3n) is 9.10. The molecular weight excluding hydrogens is 596 g/mol. The van der Waals surface area contributed by atoms with E-state index in [4.69, 9.17) is 9.47 Å². The number of hydrogen-bond acceptors (Lipinski definition) is 8. The number of hydrogen-bond donors (Lipinski definition) is 2. The van der Waals surface area contributed by atoms with E-state index in [1.54, 1.807) is 19.2 Å². The quantitative estimate of drug-likeness (QED) is 0.330. The lowest BCUT2D eigenvalue weighted by Crippen LogP contribution is -2.60. The van der Waals surface area contributed by atoms with Crippen molar-refractivity contribution in [2.24, 2.45) is 0 Å². The van der Waals surface area contributed by atoms with Gasteiger partial charge in [0.2, 0.25) is 11.8 Å². The minimum atomic E-state index is -4.88. The van der Waals surface area contributed by atoms with Gasteiger partial charge in [-0.15, -0.1) is 0 Å². The number of rotatable bonds is 7. The molecule has 6 rings (SSSR count). The second-order valence-electron chi connectivity index (χ2n) is 11.8. The third kappa shape index (κ3) is 5.74. The summed E-state index contributed by atoms with van der Waals surface area (Å²) in [6.07, 6.45) is 0.304. The van der Waals surface area contributed by atoms with Gasteiger partial charge in [0.25, 0.3) is 11.8 Å². The number of carbonyl (C=O) groups excluding carboxylic acids is 2. The van der Waals surface area contributed by atoms with Crippen LogP contribution in [0, 0.1) is 5.82 Å². The second kappa shape index (κ2) is 11.5. The van der Waals surface area contributed by atoms with E-state index < -0.39 is 35.3 Å². The Labute approximate surface area is 256 Å². The minimum Gasteiger partial charge on any atom is -0.495 e. The fraction of sp³-hybridized carbons (Fsp3) is 0.419. The van der Waals surface area contributed by atoms with Crippen LogP contribution in [-0.4, -0.2) is 70.9 Å². The average Bonchev–Trinajstić information content (AvgIpc) is 3.30. The van der Waals surface area contributed by atoms with E-state index in [0.717, 1.165) is 44.7 Å². The Kier molecular flexibility index (Phi) is 7.79. The van der Waals surface area contributed by atoms with Gasteiger partial charge in [0.15, 0.2) is 0 Å². The smallest absolute Gasteiger partial charge is 0.423 e. The molecule has 2 fully saturated rings. The molecule has 3 aliphatic rings. The highest BCUT2D eigenvalue weighted by Crippen LogP contribution is 2.43. The fourth-order valence-corrected chi connectivity index (χ4v) is 6.32. The molecule has 14 heteroatoms. The topological polar surface area (TPSA) is 109 Å². The van der Waals surface area contributed by atoms with Crippen LogP contribution >= 0.6 is 0 Å². The van der Waals surface area contributed by atoms with Gasteiger partial charge in [-0.05, 0) is 56.8 Å². The molecule has 2 aliphatic heterocycles. The molecule has 2 aromatic carbocycles.